The fourth-order valence-electron chi connectivity index (χ4n) is 3.20. The number of nitrogens with one attached hydrogen (secondary N) is 3. The van der Waals surface area contributed by atoms with Gasteiger partial charge in [0.15, 0.2) is 0 Å². The molecule has 0 unspecified atom stereocenters. The van der Waals surface area contributed by atoms with Crippen LogP contribution in [0.2, 0.25) is 0 Å². The molecule has 4 aromatic rings. The summed E-state index contributed by atoms with van der Waals surface area (Å²) >= 11 is 0. The van der Waals surface area contributed by atoms with E-state index in [1.165, 1.54) is 0 Å². The van der Waals surface area contributed by atoms with Gasteiger partial charge < -0.3 is 15.3 Å². The van der Waals surface area contributed by atoms with E-state index in [0.717, 1.165) is 27.7 Å². The van der Waals surface area contributed by atoms with Crippen LogP contribution in [0.5, 0.6) is 0 Å². The highest BCUT2D eigenvalue weighted by atomic mass is 16.1. The van der Waals surface area contributed by atoms with E-state index in [-0.39, 0.29) is 17.9 Å². The number of aryl methyl sites for hydroxylation is 2. The van der Waals surface area contributed by atoms with Gasteiger partial charge >= 0.3 is 0 Å². The Kier molecular flexibility index (Phi) is 4.46. The lowest BCUT2D eigenvalue weighted by Crippen LogP contribution is -2.24. The van der Waals surface area contributed by atoms with E-state index in [9.17, 15) is 9.59 Å². The summed E-state index contributed by atoms with van der Waals surface area (Å²) in [5, 5.41) is 4.04. The van der Waals surface area contributed by atoms with Crippen molar-refractivity contribution in [2.24, 2.45) is 0 Å². The van der Waals surface area contributed by atoms with Crippen LogP contribution in [0.25, 0.3) is 21.9 Å². The van der Waals surface area contributed by atoms with Crippen LogP contribution in [-0.2, 0) is 17.8 Å². The lowest BCUT2D eigenvalue weighted by atomic mass is 10.1. The summed E-state index contributed by atoms with van der Waals surface area (Å²) in [6.45, 7) is 2.48. The zero-order chi connectivity index (χ0) is 18.8. The van der Waals surface area contributed by atoms with Gasteiger partial charge in [0.2, 0.25) is 5.91 Å². The van der Waals surface area contributed by atoms with Crippen LogP contribution < -0.4 is 10.9 Å². The predicted molar refractivity (Wildman–Crippen MR) is 106 cm³/mol. The first-order chi connectivity index (χ1) is 13.1. The fourth-order valence-corrected chi connectivity index (χ4v) is 3.20. The minimum absolute atomic E-state index is 0.102. The second-order valence-electron chi connectivity index (χ2n) is 6.68. The van der Waals surface area contributed by atoms with Crippen molar-refractivity contribution in [2.45, 2.75) is 26.3 Å². The molecule has 0 radical (unpaired) electrons. The first kappa shape index (κ1) is 17.0. The molecule has 27 heavy (non-hydrogen) atoms. The van der Waals surface area contributed by atoms with Gasteiger partial charge in [0.25, 0.3) is 5.56 Å². The van der Waals surface area contributed by atoms with E-state index in [2.05, 4.69) is 32.4 Å². The average molecular weight is 360 g/mol. The molecular weight excluding hydrogens is 340 g/mol. The SMILES string of the molecule is Cc1cc2cc(CNC(=O)CCc3nc4ccccc4[nH]c3=O)ccc2[nH]1. The third-order valence-corrected chi connectivity index (χ3v) is 4.57. The first-order valence-electron chi connectivity index (χ1n) is 8.91. The van der Waals surface area contributed by atoms with Crippen LogP contribution in [0.15, 0.2) is 53.3 Å². The van der Waals surface area contributed by atoms with E-state index < -0.39 is 0 Å². The number of benzene rings is 2. The van der Waals surface area contributed by atoms with E-state index in [4.69, 9.17) is 0 Å². The summed E-state index contributed by atoms with van der Waals surface area (Å²) < 4.78 is 0. The average Bonchev–Trinajstić information content (AvgIpc) is 3.04. The van der Waals surface area contributed by atoms with Crippen LogP contribution >= 0.6 is 0 Å². The Morgan fingerprint density at radius 1 is 1.07 bits per heavy atom. The molecule has 6 heteroatoms. The minimum atomic E-state index is -0.241. The second-order valence-corrected chi connectivity index (χ2v) is 6.68. The normalized spacial score (nSPS) is 11.1. The maximum absolute atomic E-state index is 12.2. The minimum Gasteiger partial charge on any atom is -0.359 e. The molecule has 0 aliphatic heterocycles. The molecule has 0 atom stereocenters. The summed E-state index contributed by atoms with van der Waals surface area (Å²) in [7, 11) is 0. The molecule has 4 rings (SSSR count). The lowest BCUT2D eigenvalue weighted by Gasteiger charge is -2.06. The molecule has 2 aromatic carbocycles. The molecule has 0 bridgehead atoms. The zero-order valence-corrected chi connectivity index (χ0v) is 15.0. The molecule has 2 aromatic heterocycles. The number of fused-ring (bicyclic) bond motifs is 2. The van der Waals surface area contributed by atoms with Gasteiger partial charge in [-0.05, 0) is 48.2 Å². The number of para-hydroxylation sites is 2. The smallest absolute Gasteiger partial charge is 0.270 e. The van der Waals surface area contributed by atoms with Crippen molar-refractivity contribution in [1.29, 1.82) is 0 Å². The Balaban J connectivity index is 1.37. The molecule has 0 saturated carbocycles. The van der Waals surface area contributed by atoms with Gasteiger partial charge in [-0.3, -0.25) is 9.59 Å². The van der Waals surface area contributed by atoms with E-state index >= 15 is 0 Å². The van der Waals surface area contributed by atoms with Crippen molar-refractivity contribution in [3.05, 3.63) is 75.8 Å². The molecule has 0 aliphatic carbocycles. The third-order valence-electron chi connectivity index (χ3n) is 4.57. The summed E-state index contributed by atoms with van der Waals surface area (Å²) in [5.74, 6) is -0.102. The van der Waals surface area contributed by atoms with Gasteiger partial charge in [-0.15, -0.1) is 0 Å². The van der Waals surface area contributed by atoms with Crippen LogP contribution in [-0.4, -0.2) is 20.9 Å². The van der Waals surface area contributed by atoms with Gasteiger partial charge in [-0.1, -0.05) is 18.2 Å². The highest BCUT2D eigenvalue weighted by Gasteiger charge is 2.08. The molecule has 3 N–H and O–H groups in total. The molecular formula is C21H20N4O2. The molecule has 0 aliphatic rings. The number of aromatic nitrogens is 3. The number of aromatic amines is 2. The van der Waals surface area contributed by atoms with Crippen molar-refractivity contribution >= 4 is 27.8 Å². The van der Waals surface area contributed by atoms with Crippen LogP contribution in [0.4, 0.5) is 0 Å². The van der Waals surface area contributed by atoms with Gasteiger partial charge in [0.05, 0.1) is 11.0 Å². The van der Waals surface area contributed by atoms with Crippen molar-refractivity contribution < 1.29 is 4.79 Å². The Morgan fingerprint density at radius 3 is 2.81 bits per heavy atom. The Morgan fingerprint density at radius 2 is 1.93 bits per heavy atom. The molecule has 0 spiro atoms. The molecule has 136 valence electrons. The Labute approximate surface area is 155 Å². The number of carbonyl (C=O) groups excluding carboxylic acids is 1. The maximum Gasteiger partial charge on any atom is 0.270 e. The highest BCUT2D eigenvalue weighted by Crippen LogP contribution is 2.16. The van der Waals surface area contributed by atoms with Crippen LogP contribution in [0.1, 0.15) is 23.4 Å². The van der Waals surface area contributed by atoms with Crippen molar-refractivity contribution in [2.75, 3.05) is 0 Å². The van der Waals surface area contributed by atoms with Crippen molar-refractivity contribution in [3.8, 4) is 0 Å². The van der Waals surface area contributed by atoms with Crippen molar-refractivity contribution in [1.82, 2.24) is 20.3 Å². The predicted octanol–water partition coefficient (Wildman–Crippen LogP) is 2.96. The summed E-state index contributed by atoms with van der Waals surface area (Å²) in [6.07, 6.45) is 0.530. The quantitative estimate of drug-likeness (QED) is 0.511. The van der Waals surface area contributed by atoms with Crippen LogP contribution in [0.3, 0.4) is 0 Å². The maximum atomic E-state index is 12.2. The fraction of sp³-hybridized carbons (Fsp3) is 0.190. The molecule has 6 nitrogen and oxygen atoms in total. The highest BCUT2D eigenvalue weighted by molar-refractivity contribution is 5.81. The lowest BCUT2D eigenvalue weighted by molar-refractivity contribution is -0.121. The second kappa shape index (κ2) is 7.07. The number of H-pyrrole nitrogens is 2. The number of hydrogen-bond donors (Lipinski definition) is 3. The Bertz CT molecular complexity index is 1190. The number of rotatable bonds is 5. The van der Waals surface area contributed by atoms with E-state index in [1.54, 1.807) is 0 Å². The topological polar surface area (TPSA) is 90.6 Å². The summed E-state index contributed by atoms with van der Waals surface area (Å²) in [5.41, 5.74) is 4.80. The molecule has 0 fully saturated rings. The largest absolute Gasteiger partial charge is 0.359 e. The number of nitrogens with zero attached hydrogens (tertiary/aromatic N) is 1. The Hall–Kier alpha value is -3.41. The molecule has 0 saturated heterocycles. The first-order valence-corrected chi connectivity index (χ1v) is 8.91. The van der Waals surface area contributed by atoms with Gasteiger partial charge in [0.1, 0.15) is 5.69 Å². The van der Waals surface area contributed by atoms with E-state index in [1.807, 2.05) is 43.3 Å². The van der Waals surface area contributed by atoms with Gasteiger partial charge in [-0.2, -0.15) is 0 Å². The number of carbonyl (C=O) groups is 1. The van der Waals surface area contributed by atoms with Gasteiger partial charge in [-0.25, -0.2) is 4.98 Å². The third kappa shape index (κ3) is 3.74. The van der Waals surface area contributed by atoms with E-state index in [0.29, 0.717) is 24.2 Å². The zero-order valence-electron chi connectivity index (χ0n) is 15.0. The van der Waals surface area contributed by atoms with Gasteiger partial charge in [0, 0.05) is 30.6 Å². The number of hydrogen-bond acceptors (Lipinski definition) is 3. The molecule has 1 amide bonds. The summed E-state index contributed by atoms with van der Waals surface area (Å²) in [6, 6.07) is 15.5. The standard InChI is InChI=1S/C21H20N4O2/c1-13-10-15-11-14(6-7-16(15)23-13)12-22-20(26)9-8-19-21(27)25-18-5-3-2-4-17(18)24-19/h2-7,10-11,23H,8-9,12H2,1H3,(H,22,26)(H,25,27). The summed E-state index contributed by atoms with van der Waals surface area (Å²) in [4.78, 5) is 34.7. The monoisotopic (exact) mass is 360 g/mol. The van der Waals surface area contributed by atoms with Crippen molar-refractivity contribution in [3.63, 3.8) is 0 Å². The molecule has 2 heterocycles. The van der Waals surface area contributed by atoms with Crippen LogP contribution in [0, 0.1) is 6.92 Å². The number of amides is 1.